The average molecular weight is 443 g/mol. The van der Waals surface area contributed by atoms with Gasteiger partial charge in [0, 0.05) is 42.5 Å². The predicted octanol–water partition coefficient (Wildman–Crippen LogP) is 3.86. The number of aromatic nitrogens is 2. The van der Waals surface area contributed by atoms with E-state index < -0.39 is 0 Å². The van der Waals surface area contributed by atoms with Crippen LogP contribution in [0.25, 0.3) is 11.4 Å². The summed E-state index contributed by atoms with van der Waals surface area (Å²) in [5, 5.41) is 11.3. The van der Waals surface area contributed by atoms with Gasteiger partial charge in [-0.2, -0.15) is 4.98 Å². The second-order valence-corrected chi connectivity index (χ2v) is 7.77. The van der Waals surface area contributed by atoms with Crippen molar-refractivity contribution in [2.75, 3.05) is 25.0 Å². The van der Waals surface area contributed by atoms with E-state index in [9.17, 15) is 4.39 Å². The molecule has 4 rings (SSSR count). The summed E-state index contributed by atoms with van der Waals surface area (Å²) in [5.74, 6) is 1.45. The summed E-state index contributed by atoms with van der Waals surface area (Å²) in [4.78, 5) is 10.9. The van der Waals surface area contributed by atoms with Crippen molar-refractivity contribution >= 4 is 23.2 Å². The second kappa shape index (κ2) is 9.78. The zero-order valence-corrected chi connectivity index (χ0v) is 17.9. The molecule has 31 heavy (non-hydrogen) atoms. The van der Waals surface area contributed by atoms with Gasteiger partial charge in [0.05, 0.1) is 6.54 Å². The van der Waals surface area contributed by atoms with Crippen molar-refractivity contribution in [1.29, 1.82) is 0 Å². The molecule has 0 atom stereocenters. The van der Waals surface area contributed by atoms with E-state index in [0.29, 0.717) is 29.2 Å². The Labute approximate surface area is 185 Å². The number of hydrogen-bond donors (Lipinski definition) is 2. The summed E-state index contributed by atoms with van der Waals surface area (Å²) in [7, 11) is 1.73. The molecule has 2 heterocycles. The van der Waals surface area contributed by atoms with Gasteiger partial charge >= 0.3 is 0 Å². The zero-order chi connectivity index (χ0) is 21.6. The van der Waals surface area contributed by atoms with Crippen LogP contribution in [0.1, 0.15) is 18.7 Å². The highest BCUT2D eigenvalue weighted by atomic mass is 35.5. The van der Waals surface area contributed by atoms with Crippen molar-refractivity contribution in [2.24, 2.45) is 4.99 Å². The number of anilines is 1. The highest BCUT2D eigenvalue weighted by molar-refractivity contribution is 6.30. The largest absolute Gasteiger partial charge is 0.371 e. The molecule has 1 aliphatic rings. The lowest BCUT2D eigenvalue weighted by Gasteiger charge is -2.34. The zero-order valence-electron chi connectivity index (χ0n) is 17.2. The summed E-state index contributed by atoms with van der Waals surface area (Å²) in [6.45, 7) is 2.07. The lowest BCUT2D eigenvalue weighted by Crippen LogP contribution is -2.48. The molecule has 0 spiro atoms. The fraction of sp³-hybridized carbons (Fsp3) is 0.318. The lowest BCUT2D eigenvalue weighted by molar-refractivity contribution is 0.374. The smallest absolute Gasteiger partial charge is 0.246 e. The fourth-order valence-electron chi connectivity index (χ4n) is 3.55. The first-order valence-corrected chi connectivity index (χ1v) is 10.5. The van der Waals surface area contributed by atoms with E-state index in [4.69, 9.17) is 16.1 Å². The Kier molecular flexibility index (Phi) is 6.66. The van der Waals surface area contributed by atoms with E-state index in [2.05, 4.69) is 30.7 Å². The number of halogens is 2. The van der Waals surface area contributed by atoms with Crippen LogP contribution in [0.5, 0.6) is 0 Å². The quantitative estimate of drug-likeness (QED) is 0.461. The SMILES string of the molecule is CN=C(NCc1nc(-c2ccc(Cl)cc2)no1)NC1CCN(c2cccc(F)c2)CC1. The molecule has 1 aromatic heterocycles. The summed E-state index contributed by atoms with van der Waals surface area (Å²) in [6, 6.07) is 14.3. The number of benzene rings is 2. The van der Waals surface area contributed by atoms with Gasteiger partial charge in [-0.3, -0.25) is 4.99 Å². The van der Waals surface area contributed by atoms with Crippen molar-refractivity contribution in [3.8, 4) is 11.4 Å². The van der Waals surface area contributed by atoms with Crippen LogP contribution in [-0.4, -0.2) is 42.3 Å². The molecule has 1 saturated heterocycles. The molecule has 2 aromatic carbocycles. The third-order valence-electron chi connectivity index (χ3n) is 5.21. The van der Waals surface area contributed by atoms with Crippen molar-refractivity contribution in [3.05, 3.63) is 65.3 Å². The minimum atomic E-state index is -0.206. The number of piperidine rings is 1. The normalized spacial score (nSPS) is 15.2. The van der Waals surface area contributed by atoms with Gasteiger partial charge in [0.25, 0.3) is 0 Å². The predicted molar refractivity (Wildman–Crippen MR) is 120 cm³/mol. The van der Waals surface area contributed by atoms with Gasteiger partial charge in [-0.05, 0) is 55.3 Å². The molecule has 0 amide bonds. The van der Waals surface area contributed by atoms with E-state index in [-0.39, 0.29) is 11.9 Å². The van der Waals surface area contributed by atoms with Gasteiger partial charge < -0.3 is 20.1 Å². The number of nitrogens with one attached hydrogen (secondary N) is 2. The number of hydrogen-bond acceptors (Lipinski definition) is 5. The van der Waals surface area contributed by atoms with Crippen LogP contribution in [0.2, 0.25) is 5.02 Å². The molecule has 162 valence electrons. The molecule has 1 fully saturated rings. The van der Waals surface area contributed by atoms with Gasteiger partial charge in [0.2, 0.25) is 11.7 Å². The van der Waals surface area contributed by atoms with E-state index in [1.165, 1.54) is 6.07 Å². The fourth-order valence-corrected chi connectivity index (χ4v) is 3.67. The number of aliphatic imine (C=N–C) groups is 1. The van der Waals surface area contributed by atoms with Gasteiger partial charge in [-0.1, -0.05) is 22.8 Å². The average Bonchev–Trinajstić information content (AvgIpc) is 3.26. The van der Waals surface area contributed by atoms with Crippen LogP contribution in [0.15, 0.2) is 58.0 Å². The minimum absolute atomic E-state index is 0.206. The van der Waals surface area contributed by atoms with Gasteiger partial charge in [0.15, 0.2) is 5.96 Å². The van der Waals surface area contributed by atoms with Crippen LogP contribution in [0.4, 0.5) is 10.1 Å². The summed E-state index contributed by atoms with van der Waals surface area (Å²) in [6.07, 6.45) is 1.86. The molecular formula is C22H24ClFN6O. The molecule has 0 saturated carbocycles. The highest BCUT2D eigenvalue weighted by Gasteiger charge is 2.20. The third-order valence-corrected chi connectivity index (χ3v) is 5.46. The van der Waals surface area contributed by atoms with Crippen LogP contribution >= 0.6 is 11.6 Å². The second-order valence-electron chi connectivity index (χ2n) is 7.33. The Hall–Kier alpha value is -3.13. The van der Waals surface area contributed by atoms with E-state index in [0.717, 1.165) is 37.2 Å². The van der Waals surface area contributed by atoms with Crippen LogP contribution in [0, 0.1) is 5.82 Å². The number of rotatable bonds is 5. The van der Waals surface area contributed by atoms with Crippen molar-refractivity contribution in [2.45, 2.75) is 25.4 Å². The third kappa shape index (κ3) is 5.52. The highest BCUT2D eigenvalue weighted by Crippen LogP contribution is 2.21. The first-order chi connectivity index (χ1) is 15.1. The lowest BCUT2D eigenvalue weighted by atomic mass is 10.0. The summed E-state index contributed by atoms with van der Waals surface area (Å²) in [5.41, 5.74) is 1.76. The molecule has 7 nitrogen and oxygen atoms in total. The van der Waals surface area contributed by atoms with Gasteiger partial charge in [-0.15, -0.1) is 0 Å². The molecule has 9 heteroatoms. The van der Waals surface area contributed by atoms with Crippen molar-refractivity contribution in [1.82, 2.24) is 20.8 Å². The standard InChI is InChI=1S/C22H24ClFN6O/c1-25-22(26-14-20-28-21(29-31-20)15-5-7-16(23)8-6-15)27-18-9-11-30(12-10-18)19-4-2-3-17(24)13-19/h2-8,13,18H,9-12,14H2,1H3,(H2,25,26,27). The van der Waals surface area contributed by atoms with Gasteiger partial charge in [-0.25, -0.2) is 4.39 Å². The summed E-state index contributed by atoms with van der Waals surface area (Å²) >= 11 is 5.92. The number of guanidine groups is 1. The van der Waals surface area contributed by atoms with Crippen molar-refractivity contribution < 1.29 is 8.91 Å². The molecule has 0 unspecified atom stereocenters. The first-order valence-electron chi connectivity index (χ1n) is 10.2. The molecule has 2 N–H and O–H groups in total. The van der Waals surface area contributed by atoms with Crippen molar-refractivity contribution in [3.63, 3.8) is 0 Å². The number of nitrogens with zero attached hydrogens (tertiary/aromatic N) is 4. The molecule has 1 aliphatic heterocycles. The molecular weight excluding hydrogens is 419 g/mol. The topological polar surface area (TPSA) is 78.6 Å². The molecule has 3 aromatic rings. The maximum Gasteiger partial charge on any atom is 0.246 e. The van der Waals surface area contributed by atoms with E-state index in [1.807, 2.05) is 18.2 Å². The monoisotopic (exact) mass is 442 g/mol. The maximum absolute atomic E-state index is 13.5. The van der Waals surface area contributed by atoms with Crippen LogP contribution in [0.3, 0.4) is 0 Å². The minimum Gasteiger partial charge on any atom is -0.371 e. The Morgan fingerprint density at radius 1 is 1.23 bits per heavy atom. The van der Waals surface area contributed by atoms with E-state index >= 15 is 0 Å². The Balaban J connectivity index is 1.26. The molecule has 0 bridgehead atoms. The Morgan fingerprint density at radius 3 is 2.71 bits per heavy atom. The maximum atomic E-state index is 13.5. The molecule has 0 radical (unpaired) electrons. The van der Waals surface area contributed by atoms with Crippen LogP contribution < -0.4 is 15.5 Å². The van der Waals surface area contributed by atoms with Crippen LogP contribution in [-0.2, 0) is 6.54 Å². The Bertz CT molecular complexity index is 1030. The first kappa shape index (κ1) is 21.1. The Morgan fingerprint density at radius 2 is 2.00 bits per heavy atom. The van der Waals surface area contributed by atoms with E-state index in [1.54, 1.807) is 31.3 Å². The summed E-state index contributed by atoms with van der Waals surface area (Å²) < 4.78 is 18.8. The van der Waals surface area contributed by atoms with Gasteiger partial charge in [0.1, 0.15) is 5.82 Å². The molecule has 0 aliphatic carbocycles.